The molecular weight excluding hydrogens is 238 g/mol. The molecule has 0 saturated heterocycles. The van der Waals surface area contributed by atoms with Crippen molar-refractivity contribution < 1.29 is 23.9 Å². The zero-order valence-electron chi connectivity index (χ0n) is 10.4. The number of esters is 2. The summed E-state index contributed by atoms with van der Waals surface area (Å²) in [5.74, 6) is -1.28. The van der Waals surface area contributed by atoms with Crippen LogP contribution in [0.4, 0.5) is 0 Å². The molecular formula is C12H17NO5. The third-order valence-electron chi connectivity index (χ3n) is 1.99. The Morgan fingerprint density at radius 3 is 1.67 bits per heavy atom. The van der Waals surface area contributed by atoms with Crippen LogP contribution in [0.5, 0.6) is 0 Å². The molecule has 0 aromatic rings. The molecule has 0 unspecified atom stereocenters. The van der Waals surface area contributed by atoms with Gasteiger partial charge < -0.3 is 14.4 Å². The fourth-order valence-electron chi connectivity index (χ4n) is 1.06. The summed E-state index contributed by atoms with van der Waals surface area (Å²) in [4.78, 5) is 34.2. The molecule has 0 radical (unpaired) electrons. The van der Waals surface area contributed by atoms with Crippen molar-refractivity contribution in [3.8, 4) is 0 Å². The Morgan fingerprint density at radius 1 is 1.00 bits per heavy atom. The number of rotatable bonds is 8. The molecule has 0 aliphatic heterocycles. The smallest absolute Gasteiger partial charge is 0.330 e. The lowest BCUT2D eigenvalue weighted by atomic mass is 10.4. The predicted octanol–water partition coefficient (Wildman–Crippen LogP) is 0.293. The molecule has 0 aromatic carbocycles. The summed E-state index contributed by atoms with van der Waals surface area (Å²) < 4.78 is 9.49. The van der Waals surface area contributed by atoms with Crippen molar-refractivity contribution in [2.75, 3.05) is 26.3 Å². The quantitative estimate of drug-likeness (QED) is 0.460. The van der Waals surface area contributed by atoms with Gasteiger partial charge in [-0.2, -0.15) is 0 Å². The van der Waals surface area contributed by atoms with Gasteiger partial charge in [0.05, 0.1) is 13.1 Å². The highest BCUT2D eigenvalue weighted by Crippen LogP contribution is 1.92. The first kappa shape index (κ1) is 15.9. The molecule has 0 atom stereocenters. The summed E-state index contributed by atoms with van der Waals surface area (Å²) in [6.45, 7) is 8.49. The minimum absolute atomic E-state index is 0.0693. The Morgan fingerprint density at radius 2 is 1.39 bits per heavy atom. The van der Waals surface area contributed by atoms with Gasteiger partial charge in [0.2, 0.25) is 5.91 Å². The summed E-state index contributed by atoms with van der Waals surface area (Å²) in [5, 5.41) is 0. The van der Waals surface area contributed by atoms with Crippen LogP contribution in [0.2, 0.25) is 0 Å². The Bertz CT molecular complexity index is 311. The lowest BCUT2D eigenvalue weighted by Gasteiger charge is -2.20. The molecule has 0 aliphatic carbocycles. The van der Waals surface area contributed by atoms with Crippen molar-refractivity contribution in [2.45, 2.75) is 6.92 Å². The van der Waals surface area contributed by atoms with Crippen LogP contribution in [0.3, 0.4) is 0 Å². The molecule has 100 valence electrons. The number of carbonyl (C=O) groups is 3. The average Bonchev–Trinajstić information content (AvgIpc) is 2.35. The predicted molar refractivity (Wildman–Crippen MR) is 64.6 cm³/mol. The van der Waals surface area contributed by atoms with Crippen molar-refractivity contribution in [2.24, 2.45) is 0 Å². The number of hydrogen-bond donors (Lipinski definition) is 0. The molecule has 0 saturated carbocycles. The van der Waals surface area contributed by atoms with Gasteiger partial charge in [0.25, 0.3) is 0 Å². The minimum Gasteiger partial charge on any atom is -0.461 e. The van der Waals surface area contributed by atoms with Gasteiger partial charge in [-0.3, -0.25) is 4.79 Å². The first-order valence-corrected chi connectivity index (χ1v) is 5.35. The van der Waals surface area contributed by atoms with Crippen LogP contribution in [-0.2, 0) is 23.9 Å². The summed E-state index contributed by atoms with van der Waals surface area (Å²) in [5.41, 5.74) is 0. The van der Waals surface area contributed by atoms with Gasteiger partial charge in [-0.05, 0) is 0 Å². The van der Waals surface area contributed by atoms with Crippen LogP contribution in [0, 0.1) is 0 Å². The lowest BCUT2D eigenvalue weighted by molar-refractivity contribution is -0.142. The number of hydrogen-bond acceptors (Lipinski definition) is 5. The Kier molecular flexibility index (Phi) is 7.92. The Labute approximate surface area is 106 Å². The van der Waals surface area contributed by atoms with E-state index in [1.807, 2.05) is 0 Å². The molecule has 0 N–H and O–H groups in total. The van der Waals surface area contributed by atoms with Gasteiger partial charge in [-0.15, -0.1) is 0 Å². The summed E-state index contributed by atoms with van der Waals surface area (Å²) in [6.07, 6.45) is 2.09. The van der Waals surface area contributed by atoms with E-state index in [-0.39, 0.29) is 32.2 Å². The van der Waals surface area contributed by atoms with Crippen LogP contribution < -0.4 is 0 Å². The van der Waals surface area contributed by atoms with E-state index in [4.69, 9.17) is 9.47 Å². The standard InChI is InChI=1S/C12H17NO5/c1-4-11(15)17-8-6-13(10(3)14)7-9-18-12(16)5-2/h4-5H,1-2,6-9H2,3H3. The number of amides is 1. The van der Waals surface area contributed by atoms with Gasteiger partial charge in [-0.25, -0.2) is 9.59 Å². The topological polar surface area (TPSA) is 72.9 Å². The molecule has 0 heterocycles. The van der Waals surface area contributed by atoms with E-state index in [2.05, 4.69) is 13.2 Å². The van der Waals surface area contributed by atoms with Crippen LogP contribution in [0.1, 0.15) is 6.92 Å². The van der Waals surface area contributed by atoms with Gasteiger partial charge in [-0.1, -0.05) is 13.2 Å². The zero-order chi connectivity index (χ0) is 14.0. The van der Waals surface area contributed by atoms with E-state index in [0.717, 1.165) is 12.2 Å². The molecule has 18 heavy (non-hydrogen) atoms. The first-order valence-electron chi connectivity index (χ1n) is 5.35. The number of carbonyl (C=O) groups excluding carboxylic acids is 3. The molecule has 0 spiro atoms. The van der Waals surface area contributed by atoms with Gasteiger partial charge >= 0.3 is 11.9 Å². The minimum atomic E-state index is -0.545. The summed E-state index contributed by atoms with van der Waals surface area (Å²) in [6, 6.07) is 0. The Balaban J connectivity index is 3.96. The molecule has 6 heteroatoms. The van der Waals surface area contributed by atoms with Crippen LogP contribution >= 0.6 is 0 Å². The molecule has 0 aliphatic rings. The van der Waals surface area contributed by atoms with E-state index < -0.39 is 11.9 Å². The van der Waals surface area contributed by atoms with Gasteiger partial charge in [0.15, 0.2) is 0 Å². The maximum atomic E-state index is 11.2. The molecule has 0 aromatic heterocycles. The second-order valence-electron chi connectivity index (χ2n) is 3.25. The molecule has 0 fully saturated rings. The van der Waals surface area contributed by atoms with Gasteiger partial charge in [0, 0.05) is 19.1 Å². The second-order valence-corrected chi connectivity index (χ2v) is 3.25. The lowest BCUT2D eigenvalue weighted by Crippen LogP contribution is -2.35. The zero-order valence-corrected chi connectivity index (χ0v) is 10.4. The average molecular weight is 255 g/mol. The fraction of sp³-hybridized carbons (Fsp3) is 0.417. The van der Waals surface area contributed by atoms with Gasteiger partial charge in [0.1, 0.15) is 13.2 Å². The van der Waals surface area contributed by atoms with Crippen molar-refractivity contribution in [1.82, 2.24) is 4.90 Å². The third-order valence-corrected chi connectivity index (χ3v) is 1.99. The summed E-state index contributed by atoms with van der Waals surface area (Å²) >= 11 is 0. The van der Waals surface area contributed by atoms with Crippen molar-refractivity contribution in [3.05, 3.63) is 25.3 Å². The van der Waals surface area contributed by atoms with Crippen LogP contribution in [-0.4, -0.2) is 49.0 Å². The number of ether oxygens (including phenoxy) is 2. The maximum Gasteiger partial charge on any atom is 0.330 e. The van der Waals surface area contributed by atoms with E-state index >= 15 is 0 Å². The van der Waals surface area contributed by atoms with Crippen molar-refractivity contribution in [1.29, 1.82) is 0 Å². The van der Waals surface area contributed by atoms with Crippen molar-refractivity contribution in [3.63, 3.8) is 0 Å². The van der Waals surface area contributed by atoms with Crippen LogP contribution in [0.25, 0.3) is 0 Å². The normalized spacial score (nSPS) is 9.17. The van der Waals surface area contributed by atoms with E-state index in [0.29, 0.717) is 0 Å². The van der Waals surface area contributed by atoms with Crippen LogP contribution in [0.15, 0.2) is 25.3 Å². The number of nitrogens with zero attached hydrogens (tertiary/aromatic N) is 1. The fourth-order valence-corrected chi connectivity index (χ4v) is 1.06. The Hall–Kier alpha value is -2.11. The van der Waals surface area contributed by atoms with E-state index in [1.54, 1.807) is 0 Å². The monoisotopic (exact) mass is 255 g/mol. The highest BCUT2D eigenvalue weighted by molar-refractivity contribution is 5.81. The molecule has 1 amide bonds. The summed E-state index contributed by atoms with van der Waals surface area (Å²) in [7, 11) is 0. The largest absolute Gasteiger partial charge is 0.461 e. The highest BCUT2D eigenvalue weighted by atomic mass is 16.5. The first-order chi connectivity index (χ1) is 8.51. The van der Waals surface area contributed by atoms with E-state index in [1.165, 1.54) is 11.8 Å². The highest BCUT2D eigenvalue weighted by Gasteiger charge is 2.09. The second kappa shape index (κ2) is 8.98. The van der Waals surface area contributed by atoms with E-state index in [9.17, 15) is 14.4 Å². The van der Waals surface area contributed by atoms with Crippen molar-refractivity contribution >= 4 is 17.8 Å². The maximum absolute atomic E-state index is 11.2. The molecule has 0 rings (SSSR count). The molecule has 0 bridgehead atoms. The SMILES string of the molecule is C=CC(=O)OCCN(CCOC(=O)C=C)C(C)=O. The molecule has 6 nitrogen and oxygen atoms in total. The third kappa shape index (κ3) is 7.21.